The van der Waals surface area contributed by atoms with Crippen LogP contribution in [0.1, 0.15) is 16.7 Å². The van der Waals surface area contributed by atoms with Crippen LogP contribution in [0, 0.1) is 6.92 Å². The number of halogens is 1. The lowest BCUT2D eigenvalue weighted by Gasteiger charge is -2.12. The van der Waals surface area contributed by atoms with E-state index in [9.17, 15) is 18.0 Å². The van der Waals surface area contributed by atoms with E-state index >= 15 is 0 Å². The van der Waals surface area contributed by atoms with Crippen molar-refractivity contribution in [2.45, 2.75) is 18.4 Å². The first-order valence-corrected chi connectivity index (χ1v) is 12.4. The average Bonchev–Trinajstić information content (AvgIpc) is 3.02. The monoisotopic (exact) mass is 499 g/mol. The zero-order valence-corrected chi connectivity index (χ0v) is 19.8. The second-order valence-corrected chi connectivity index (χ2v) is 10.3. The topological polar surface area (TPSA) is 80.8 Å². The molecule has 1 fully saturated rings. The molecular weight excluding hydrogens is 482 g/mol. The molecule has 3 aromatic carbocycles. The lowest BCUT2D eigenvalue weighted by atomic mass is 10.1. The molecule has 6 nitrogen and oxygen atoms in total. The van der Waals surface area contributed by atoms with Gasteiger partial charge in [0.1, 0.15) is 10.6 Å². The highest BCUT2D eigenvalue weighted by Crippen LogP contribution is 2.33. The third kappa shape index (κ3) is 5.47. The lowest BCUT2D eigenvalue weighted by Crippen LogP contribution is -2.27. The highest BCUT2D eigenvalue weighted by atomic mass is 35.5. The average molecular weight is 500 g/mol. The fourth-order valence-electron chi connectivity index (χ4n) is 3.18. The van der Waals surface area contributed by atoms with Gasteiger partial charge >= 0.3 is 10.1 Å². The number of rotatable bonds is 6. The van der Waals surface area contributed by atoms with Crippen LogP contribution in [0.2, 0.25) is 5.02 Å². The number of amides is 2. The van der Waals surface area contributed by atoms with Gasteiger partial charge in [-0.1, -0.05) is 53.6 Å². The number of hydrogen-bond donors (Lipinski definition) is 0. The Morgan fingerprint density at radius 2 is 1.70 bits per heavy atom. The minimum absolute atomic E-state index is 0.0155. The molecule has 168 valence electrons. The molecular formula is C24H18ClNO5S2. The van der Waals surface area contributed by atoms with Crippen LogP contribution < -0.4 is 4.18 Å². The van der Waals surface area contributed by atoms with Crippen molar-refractivity contribution in [1.29, 1.82) is 0 Å². The molecule has 0 spiro atoms. The van der Waals surface area contributed by atoms with Gasteiger partial charge in [-0.05, 0) is 72.3 Å². The Balaban J connectivity index is 1.47. The molecule has 1 saturated heterocycles. The summed E-state index contributed by atoms with van der Waals surface area (Å²) in [5, 5.41) is 0.0865. The molecule has 0 saturated carbocycles. The van der Waals surface area contributed by atoms with Crippen molar-refractivity contribution in [3.63, 3.8) is 0 Å². The minimum atomic E-state index is -4.01. The molecule has 1 aliphatic heterocycles. The first kappa shape index (κ1) is 23.1. The lowest BCUT2D eigenvalue weighted by molar-refractivity contribution is -0.123. The predicted molar refractivity (Wildman–Crippen MR) is 128 cm³/mol. The third-order valence-electron chi connectivity index (χ3n) is 4.78. The highest BCUT2D eigenvalue weighted by Gasteiger charge is 2.35. The summed E-state index contributed by atoms with van der Waals surface area (Å²) in [6.07, 6.45) is 1.60. The second-order valence-electron chi connectivity index (χ2n) is 7.32. The summed E-state index contributed by atoms with van der Waals surface area (Å²) in [7, 11) is -4.01. The van der Waals surface area contributed by atoms with E-state index < -0.39 is 10.1 Å². The fraction of sp³-hybridized carbons (Fsp3) is 0.0833. The van der Waals surface area contributed by atoms with Gasteiger partial charge in [0.15, 0.2) is 0 Å². The molecule has 1 heterocycles. The Labute approximate surface area is 200 Å². The second kappa shape index (κ2) is 9.43. The van der Waals surface area contributed by atoms with Crippen molar-refractivity contribution in [2.24, 2.45) is 0 Å². The molecule has 2 amide bonds. The molecule has 0 radical (unpaired) electrons. The van der Waals surface area contributed by atoms with Gasteiger partial charge in [0, 0.05) is 5.02 Å². The van der Waals surface area contributed by atoms with E-state index in [1.807, 2.05) is 31.2 Å². The van der Waals surface area contributed by atoms with Gasteiger partial charge < -0.3 is 4.18 Å². The van der Waals surface area contributed by atoms with Crippen LogP contribution in [-0.2, 0) is 21.5 Å². The van der Waals surface area contributed by atoms with E-state index in [0.717, 1.165) is 22.9 Å². The summed E-state index contributed by atoms with van der Waals surface area (Å²) in [4.78, 5) is 26.6. The minimum Gasteiger partial charge on any atom is -0.379 e. The molecule has 0 aliphatic carbocycles. The SMILES string of the molecule is Cc1cccc(CN2C(=O)S/C(=C\c3ccc(OS(=O)(=O)c4ccc(Cl)cc4)cc3)C2=O)c1. The first-order chi connectivity index (χ1) is 15.7. The van der Waals surface area contributed by atoms with Gasteiger partial charge in [-0.2, -0.15) is 8.42 Å². The molecule has 0 bridgehead atoms. The van der Waals surface area contributed by atoms with Crippen LogP contribution in [0.4, 0.5) is 4.79 Å². The molecule has 0 aromatic heterocycles. The number of carbonyl (C=O) groups is 2. The van der Waals surface area contributed by atoms with Gasteiger partial charge in [-0.3, -0.25) is 14.5 Å². The van der Waals surface area contributed by atoms with Crippen molar-refractivity contribution in [3.8, 4) is 5.75 Å². The molecule has 0 unspecified atom stereocenters. The van der Waals surface area contributed by atoms with E-state index in [1.165, 1.54) is 41.3 Å². The number of nitrogens with zero attached hydrogens (tertiary/aromatic N) is 1. The maximum Gasteiger partial charge on any atom is 0.339 e. The fourth-order valence-corrected chi connectivity index (χ4v) is 5.07. The van der Waals surface area contributed by atoms with Crippen molar-refractivity contribution in [3.05, 3.63) is 99.4 Å². The Hall–Kier alpha value is -3.07. The summed E-state index contributed by atoms with van der Waals surface area (Å²) >= 11 is 6.67. The summed E-state index contributed by atoms with van der Waals surface area (Å²) < 4.78 is 29.9. The van der Waals surface area contributed by atoms with E-state index in [2.05, 4.69) is 0 Å². The molecule has 3 aromatic rings. The van der Waals surface area contributed by atoms with Crippen LogP contribution in [-0.4, -0.2) is 24.5 Å². The van der Waals surface area contributed by atoms with Crippen molar-refractivity contribution in [2.75, 3.05) is 0 Å². The molecule has 4 rings (SSSR count). The highest BCUT2D eigenvalue weighted by molar-refractivity contribution is 8.18. The van der Waals surface area contributed by atoms with E-state index in [0.29, 0.717) is 15.5 Å². The van der Waals surface area contributed by atoms with E-state index in [-0.39, 0.29) is 28.3 Å². The number of imide groups is 1. The van der Waals surface area contributed by atoms with E-state index in [4.69, 9.17) is 15.8 Å². The summed E-state index contributed by atoms with van der Waals surface area (Å²) in [5.74, 6) is -0.244. The number of benzene rings is 3. The Morgan fingerprint density at radius 3 is 2.36 bits per heavy atom. The predicted octanol–water partition coefficient (Wildman–Crippen LogP) is 5.65. The number of carbonyl (C=O) groups excluding carboxylic acids is 2. The van der Waals surface area contributed by atoms with Crippen molar-refractivity contribution >= 4 is 50.7 Å². The van der Waals surface area contributed by atoms with Crippen molar-refractivity contribution < 1.29 is 22.2 Å². The maximum atomic E-state index is 12.7. The van der Waals surface area contributed by atoms with Crippen LogP contribution in [0.3, 0.4) is 0 Å². The first-order valence-electron chi connectivity index (χ1n) is 9.82. The molecule has 1 aliphatic rings. The molecule has 9 heteroatoms. The Bertz CT molecular complexity index is 1350. The normalized spacial score (nSPS) is 15.3. The summed E-state index contributed by atoms with van der Waals surface area (Å²) in [6.45, 7) is 2.16. The van der Waals surface area contributed by atoms with Gasteiger partial charge in [0.25, 0.3) is 11.1 Å². The van der Waals surface area contributed by atoms with Crippen LogP contribution in [0.5, 0.6) is 5.75 Å². The zero-order valence-electron chi connectivity index (χ0n) is 17.4. The summed E-state index contributed by atoms with van der Waals surface area (Å²) in [5.41, 5.74) is 2.56. The van der Waals surface area contributed by atoms with Crippen molar-refractivity contribution in [1.82, 2.24) is 4.90 Å². The van der Waals surface area contributed by atoms with Crippen LogP contribution in [0.25, 0.3) is 6.08 Å². The van der Waals surface area contributed by atoms with Gasteiger partial charge in [-0.25, -0.2) is 0 Å². The summed E-state index contributed by atoms with van der Waals surface area (Å²) in [6, 6.07) is 19.5. The standard InChI is InChI=1S/C24H18ClNO5S2/c1-16-3-2-4-18(13-16)15-26-23(27)22(32-24(26)28)14-17-5-9-20(10-6-17)31-33(29,30)21-11-7-19(25)8-12-21/h2-14H,15H2,1H3/b22-14-. The number of hydrogen-bond acceptors (Lipinski definition) is 6. The van der Waals surface area contributed by atoms with Gasteiger partial charge in [0.05, 0.1) is 11.4 Å². The van der Waals surface area contributed by atoms with E-state index in [1.54, 1.807) is 18.2 Å². The largest absolute Gasteiger partial charge is 0.379 e. The third-order valence-corrected chi connectivity index (χ3v) is 7.20. The molecule has 33 heavy (non-hydrogen) atoms. The zero-order chi connectivity index (χ0) is 23.6. The van der Waals surface area contributed by atoms with Gasteiger partial charge in [-0.15, -0.1) is 0 Å². The molecule has 0 atom stereocenters. The quantitative estimate of drug-likeness (QED) is 0.322. The van der Waals surface area contributed by atoms with Gasteiger partial charge in [0.2, 0.25) is 0 Å². The van der Waals surface area contributed by atoms with Crippen LogP contribution in [0.15, 0.2) is 82.6 Å². The Kier molecular flexibility index (Phi) is 6.60. The number of aryl methyl sites for hydroxylation is 1. The van der Waals surface area contributed by atoms with Crippen LogP contribution >= 0.6 is 23.4 Å². The maximum absolute atomic E-state index is 12.7. The molecule has 0 N–H and O–H groups in total. The smallest absolute Gasteiger partial charge is 0.339 e. The number of thioether (sulfide) groups is 1. The Morgan fingerprint density at radius 1 is 1.00 bits per heavy atom.